The topological polar surface area (TPSA) is 40.5 Å². The maximum atomic E-state index is 12.1. The Hall–Kier alpha value is -0.870. The van der Waals surface area contributed by atoms with Gasteiger partial charge in [0.05, 0.1) is 12.0 Å². The number of amides is 1. The number of aliphatic hydroxyl groups is 1. The number of likely N-dealkylation sites (tertiary alicyclic amines) is 1. The van der Waals surface area contributed by atoms with E-state index in [0.717, 1.165) is 24.9 Å². The number of rotatable bonds is 2. The van der Waals surface area contributed by atoms with Gasteiger partial charge in [-0.25, -0.2) is 0 Å². The van der Waals surface area contributed by atoms with Crippen LogP contribution in [0.5, 0.6) is 0 Å². The number of hydrogen-bond donors (Lipinski definition) is 1. The molecule has 1 saturated heterocycles. The molecule has 0 saturated carbocycles. The van der Waals surface area contributed by atoms with Crippen LogP contribution in [0.3, 0.4) is 0 Å². The van der Waals surface area contributed by atoms with E-state index in [1.54, 1.807) is 11.3 Å². The smallest absolute Gasteiger partial charge is 0.227 e. The summed E-state index contributed by atoms with van der Waals surface area (Å²) in [4.78, 5) is 14.0. The Morgan fingerprint density at radius 3 is 3.06 bits per heavy atom. The highest BCUT2D eigenvalue weighted by Crippen LogP contribution is 2.22. The lowest BCUT2D eigenvalue weighted by Crippen LogP contribution is -2.34. The lowest BCUT2D eigenvalue weighted by molar-refractivity contribution is -0.130. The molecule has 0 aliphatic carbocycles. The Bertz CT molecular complexity index is 373. The molecular weight excluding hydrogens is 234 g/mol. The third kappa shape index (κ3) is 3.54. The number of carbonyl (C=O) groups is 1. The summed E-state index contributed by atoms with van der Waals surface area (Å²) in [6, 6.07) is 2.00. The van der Waals surface area contributed by atoms with Gasteiger partial charge in [-0.1, -0.05) is 0 Å². The van der Waals surface area contributed by atoms with Gasteiger partial charge in [-0.2, -0.15) is 11.3 Å². The molecular formula is C13H19NO2S. The minimum atomic E-state index is -0.600. The number of carbonyl (C=O) groups excluding carboxylic acids is 1. The Balaban J connectivity index is 1.91. The molecule has 4 heteroatoms. The quantitative estimate of drug-likeness (QED) is 0.876. The van der Waals surface area contributed by atoms with Gasteiger partial charge in [-0.05, 0) is 48.6 Å². The highest BCUT2D eigenvalue weighted by Gasteiger charge is 2.26. The van der Waals surface area contributed by atoms with Crippen LogP contribution in [0.4, 0.5) is 0 Å². The van der Waals surface area contributed by atoms with Crippen molar-refractivity contribution in [2.45, 2.75) is 38.2 Å². The number of nitrogens with zero attached hydrogens (tertiary/aromatic N) is 1. The Labute approximate surface area is 106 Å². The molecule has 1 aromatic heterocycles. The fourth-order valence-corrected chi connectivity index (χ4v) is 2.86. The van der Waals surface area contributed by atoms with Gasteiger partial charge in [-0.3, -0.25) is 4.79 Å². The molecule has 0 radical (unpaired) electrons. The Morgan fingerprint density at radius 1 is 1.53 bits per heavy atom. The molecule has 3 nitrogen and oxygen atoms in total. The second-order valence-corrected chi connectivity index (χ2v) is 5.82. The second kappa shape index (κ2) is 5.19. The van der Waals surface area contributed by atoms with Crippen molar-refractivity contribution >= 4 is 17.2 Å². The lowest BCUT2D eigenvalue weighted by atomic mass is 9.98. The first-order valence-electron chi connectivity index (χ1n) is 6.08. The molecule has 2 rings (SSSR count). The summed E-state index contributed by atoms with van der Waals surface area (Å²) in [6.45, 7) is 3.31. The predicted octanol–water partition coefficient (Wildman–Crippen LogP) is 2.05. The zero-order valence-electron chi connectivity index (χ0n) is 10.2. The number of hydrogen-bond acceptors (Lipinski definition) is 3. The van der Waals surface area contributed by atoms with E-state index in [1.807, 2.05) is 28.7 Å². The zero-order chi connectivity index (χ0) is 12.3. The van der Waals surface area contributed by atoms with Crippen molar-refractivity contribution in [1.82, 2.24) is 4.90 Å². The van der Waals surface area contributed by atoms with E-state index in [-0.39, 0.29) is 5.91 Å². The van der Waals surface area contributed by atoms with E-state index >= 15 is 0 Å². The van der Waals surface area contributed by atoms with Crippen molar-refractivity contribution in [3.05, 3.63) is 22.4 Å². The van der Waals surface area contributed by atoms with Crippen LogP contribution in [0.1, 0.15) is 31.7 Å². The van der Waals surface area contributed by atoms with Crippen molar-refractivity contribution in [3.8, 4) is 0 Å². The van der Waals surface area contributed by atoms with Gasteiger partial charge >= 0.3 is 0 Å². The van der Waals surface area contributed by atoms with Crippen LogP contribution in [0.2, 0.25) is 0 Å². The molecule has 1 aliphatic rings. The molecule has 0 aromatic carbocycles. The molecule has 2 heterocycles. The first-order valence-corrected chi connectivity index (χ1v) is 7.02. The van der Waals surface area contributed by atoms with Gasteiger partial charge < -0.3 is 10.0 Å². The first kappa shape index (κ1) is 12.6. The standard InChI is InChI=1S/C13H19NO2S/c1-13(16)4-2-6-14(7-5-13)12(15)9-11-3-8-17-10-11/h3,8,10,16H,2,4-7,9H2,1H3. The van der Waals surface area contributed by atoms with Crippen molar-refractivity contribution in [2.24, 2.45) is 0 Å². The molecule has 94 valence electrons. The Morgan fingerprint density at radius 2 is 2.35 bits per heavy atom. The third-order valence-corrected chi connectivity index (χ3v) is 4.08. The van der Waals surface area contributed by atoms with Crippen molar-refractivity contribution in [1.29, 1.82) is 0 Å². The summed E-state index contributed by atoms with van der Waals surface area (Å²) in [5, 5.41) is 14.0. The lowest BCUT2D eigenvalue weighted by Gasteiger charge is -2.22. The van der Waals surface area contributed by atoms with E-state index < -0.39 is 5.60 Å². The maximum Gasteiger partial charge on any atom is 0.227 e. The van der Waals surface area contributed by atoms with E-state index in [9.17, 15) is 9.90 Å². The molecule has 0 spiro atoms. The summed E-state index contributed by atoms with van der Waals surface area (Å²) in [5.74, 6) is 0.182. The summed E-state index contributed by atoms with van der Waals surface area (Å²) in [6.07, 6.45) is 2.85. The van der Waals surface area contributed by atoms with Gasteiger partial charge in [0.1, 0.15) is 0 Å². The monoisotopic (exact) mass is 253 g/mol. The van der Waals surface area contributed by atoms with Crippen LogP contribution in [0, 0.1) is 0 Å². The molecule has 17 heavy (non-hydrogen) atoms. The zero-order valence-corrected chi connectivity index (χ0v) is 11.0. The van der Waals surface area contributed by atoms with E-state index in [2.05, 4.69) is 0 Å². The normalized spacial score (nSPS) is 25.6. The fourth-order valence-electron chi connectivity index (χ4n) is 2.19. The van der Waals surface area contributed by atoms with Gasteiger partial charge in [0.2, 0.25) is 5.91 Å². The van der Waals surface area contributed by atoms with Crippen molar-refractivity contribution in [3.63, 3.8) is 0 Å². The largest absolute Gasteiger partial charge is 0.390 e. The summed E-state index contributed by atoms with van der Waals surface area (Å²) in [5.41, 5.74) is 0.494. The van der Waals surface area contributed by atoms with Gasteiger partial charge in [0, 0.05) is 13.1 Å². The van der Waals surface area contributed by atoms with Gasteiger partial charge in [-0.15, -0.1) is 0 Å². The molecule has 1 amide bonds. The van der Waals surface area contributed by atoms with Crippen LogP contribution in [0.25, 0.3) is 0 Å². The highest BCUT2D eigenvalue weighted by atomic mass is 32.1. The van der Waals surface area contributed by atoms with Crippen molar-refractivity contribution < 1.29 is 9.90 Å². The van der Waals surface area contributed by atoms with E-state index in [1.165, 1.54) is 0 Å². The second-order valence-electron chi connectivity index (χ2n) is 5.04. The average molecular weight is 253 g/mol. The minimum Gasteiger partial charge on any atom is -0.390 e. The molecule has 0 bridgehead atoms. The molecule has 1 unspecified atom stereocenters. The Kier molecular flexibility index (Phi) is 3.84. The van der Waals surface area contributed by atoms with Crippen molar-refractivity contribution in [2.75, 3.05) is 13.1 Å². The molecule has 1 N–H and O–H groups in total. The first-order chi connectivity index (χ1) is 8.07. The van der Waals surface area contributed by atoms with Crippen LogP contribution in [-0.2, 0) is 11.2 Å². The fraction of sp³-hybridized carbons (Fsp3) is 0.615. The molecule has 1 fully saturated rings. The van der Waals surface area contributed by atoms with Crippen LogP contribution in [0.15, 0.2) is 16.8 Å². The van der Waals surface area contributed by atoms with Crippen LogP contribution in [-0.4, -0.2) is 34.6 Å². The molecule has 1 aliphatic heterocycles. The SMILES string of the molecule is CC1(O)CCCN(C(=O)Cc2ccsc2)CC1. The average Bonchev–Trinajstić information content (AvgIpc) is 2.68. The van der Waals surface area contributed by atoms with Crippen LogP contribution < -0.4 is 0 Å². The summed E-state index contributed by atoms with van der Waals surface area (Å²) < 4.78 is 0. The third-order valence-electron chi connectivity index (χ3n) is 3.35. The summed E-state index contributed by atoms with van der Waals surface area (Å²) in [7, 11) is 0. The summed E-state index contributed by atoms with van der Waals surface area (Å²) >= 11 is 1.62. The van der Waals surface area contributed by atoms with Gasteiger partial charge in [0.15, 0.2) is 0 Å². The molecule has 1 atom stereocenters. The maximum absolute atomic E-state index is 12.1. The highest BCUT2D eigenvalue weighted by molar-refractivity contribution is 7.07. The van der Waals surface area contributed by atoms with E-state index in [4.69, 9.17) is 0 Å². The minimum absolute atomic E-state index is 0.182. The van der Waals surface area contributed by atoms with E-state index in [0.29, 0.717) is 19.4 Å². The van der Waals surface area contributed by atoms with Crippen LogP contribution >= 0.6 is 11.3 Å². The number of thiophene rings is 1. The predicted molar refractivity (Wildman–Crippen MR) is 69.1 cm³/mol. The van der Waals surface area contributed by atoms with Gasteiger partial charge in [0.25, 0.3) is 0 Å². The molecule has 1 aromatic rings.